The number of thiazole rings is 1. The molecule has 0 unspecified atom stereocenters. The van der Waals surface area contributed by atoms with E-state index in [4.69, 9.17) is 9.94 Å². The molecule has 1 aliphatic carbocycles. The number of fused-ring (bicyclic) bond motifs is 1. The van der Waals surface area contributed by atoms with Gasteiger partial charge in [-0.15, -0.1) is 11.3 Å². The summed E-state index contributed by atoms with van der Waals surface area (Å²) in [5.74, 6) is 0.875. The van der Waals surface area contributed by atoms with Crippen molar-refractivity contribution in [3.05, 3.63) is 45.9 Å². The first-order valence-corrected chi connectivity index (χ1v) is 6.60. The summed E-state index contributed by atoms with van der Waals surface area (Å²) < 4.78 is 5.82. The molecule has 18 heavy (non-hydrogen) atoms. The van der Waals surface area contributed by atoms with E-state index in [2.05, 4.69) is 10.1 Å². The first-order valence-electron chi connectivity index (χ1n) is 5.72. The van der Waals surface area contributed by atoms with Crippen LogP contribution < -0.4 is 4.74 Å². The molecule has 0 saturated heterocycles. The Morgan fingerprint density at radius 1 is 1.39 bits per heavy atom. The second-order valence-corrected chi connectivity index (χ2v) is 5.06. The molecule has 5 heteroatoms. The molecule has 2 aromatic rings. The van der Waals surface area contributed by atoms with Crippen molar-refractivity contribution in [1.29, 1.82) is 0 Å². The zero-order chi connectivity index (χ0) is 12.4. The van der Waals surface area contributed by atoms with Gasteiger partial charge in [-0.05, 0) is 18.9 Å². The quantitative estimate of drug-likeness (QED) is 0.682. The average Bonchev–Trinajstić information content (AvgIpc) is 3.05. The van der Waals surface area contributed by atoms with Gasteiger partial charge < -0.3 is 9.94 Å². The first-order chi connectivity index (χ1) is 8.88. The van der Waals surface area contributed by atoms with Crippen molar-refractivity contribution in [2.75, 3.05) is 0 Å². The fourth-order valence-electron chi connectivity index (χ4n) is 2.17. The number of oxime groups is 1. The van der Waals surface area contributed by atoms with Crippen molar-refractivity contribution in [2.24, 2.45) is 5.16 Å². The maximum atomic E-state index is 8.92. The van der Waals surface area contributed by atoms with Crippen LogP contribution >= 0.6 is 11.3 Å². The van der Waals surface area contributed by atoms with Gasteiger partial charge in [0.25, 0.3) is 0 Å². The SMILES string of the molecule is O/N=C1/CCc2c(OCc3cncs3)cccc21. The Hall–Kier alpha value is -1.88. The van der Waals surface area contributed by atoms with E-state index >= 15 is 0 Å². The molecule has 0 atom stereocenters. The van der Waals surface area contributed by atoms with Crippen molar-refractivity contribution in [3.8, 4) is 5.75 Å². The molecule has 1 heterocycles. The summed E-state index contributed by atoms with van der Waals surface area (Å²) >= 11 is 1.58. The van der Waals surface area contributed by atoms with Gasteiger partial charge in [-0.1, -0.05) is 17.3 Å². The summed E-state index contributed by atoms with van der Waals surface area (Å²) in [6.45, 7) is 0.534. The van der Waals surface area contributed by atoms with Gasteiger partial charge in [0.2, 0.25) is 0 Å². The molecular weight excluding hydrogens is 248 g/mol. The van der Waals surface area contributed by atoms with Crippen LogP contribution in [0.4, 0.5) is 0 Å². The Kier molecular flexibility index (Phi) is 2.98. The Balaban J connectivity index is 1.84. The summed E-state index contributed by atoms with van der Waals surface area (Å²) in [7, 11) is 0. The van der Waals surface area contributed by atoms with E-state index in [1.165, 1.54) is 0 Å². The van der Waals surface area contributed by atoms with E-state index in [-0.39, 0.29) is 0 Å². The molecule has 3 rings (SSSR count). The Morgan fingerprint density at radius 3 is 3.11 bits per heavy atom. The average molecular weight is 260 g/mol. The summed E-state index contributed by atoms with van der Waals surface area (Å²) in [6, 6.07) is 5.86. The van der Waals surface area contributed by atoms with E-state index in [0.29, 0.717) is 6.61 Å². The van der Waals surface area contributed by atoms with Crippen molar-refractivity contribution in [3.63, 3.8) is 0 Å². The van der Waals surface area contributed by atoms with Gasteiger partial charge in [-0.2, -0.15) is 0 Å². The molecule has 0 radical (unpaired) electrons. The van der Waals surface area contributed by atoms with E-state index in [1.54, 1.807) is 16.8 Å². The van der Waals surface area contributed by atoms with Gasteiger partial charge in [-0.3, -0.25) is 4.98 Å². The van der Waals surface area contributed by atoms with Crippen molar-refractivity contribution in [2.45, 2.75) is 19.4 Å². The standard InChI is InChI=1S/C13H12N2O2S/c16-15-12-5-4-11-10(12)2-1-3-13(11)17-7-9-6-14-8-18-9/h1-3,6,8,16H,4-5,7H2/b15-12-. The van der Waals surface area contributed by atoms with Crippen molar-refractivity contribution in [1.82, 2.24) is 4.98 Å². The minimum Gasteiger partial charge on any atom is -0.488 e. The van der Waals surface area contributed by atoms with Crippen LogP contribution in [0, 0.1) is 0 Å². The molecule has 4 nitrogen and oxygen atoms in total. The Morgan fingerprint density at radius 2 is 2.33 bits per heavy atom. The third-order valence-electron chi connectivity index (χ3n) is 3.03. The molecule has 1 aromatic carbocycles. The first kappa shape index (κ1) is 11.2. The molecule has 92 valence electrons. The molecule has 0 saturated carbocycles. The van der Waals surface area contributed by atoms with Crippen LogP contribution in [0.3, 0.4) is 0 Å². The zero-order valence-electron chi connectivity index (χ0n) is 9.67. The number of benzene rings is 1. The summed E-state index contributed by atoms with van der Waals surface area (Å²) in [5.41, 5.74) is 4.67. The van der Waals surface area contributed by atoms with E-state index in [9.17, 15) is 0 Å². The minimum atomic E-state index is 0.534. The molecule has 1 aliphatic rings. The van der Waals surface area contributed by atoms with Gasteiger partial charge in [0.1, 0.15) is 12.4 Å². The second-order valence-electron chi connectivity index (χ2n) is 4.09. The lowest BCUT2D eigenvalue weighted by molar-refractivity contribution is 0.306. The maximum absolute atomic E-state index is 8.92. The summed E-state index contributed by atoms with van der Waals surface area (Å²) in [6.07, 6.45) is 3.45. The minimum absolute atomic E-state index is 0.534. The van der Waals surface area contributed by atoms with Gasteiger partial charge in [-0.25, -0.2) is 0 Å². The smallest absolute Gasteiger partial charge is 0.124 e. The lowest BCUT2D eigenvalue weighted by Crippen LogP contribution is -1.98. The summed E-state index contributed by atoms with van der Waals surface area (Å²) in [4.78, 5) is 5.12. The van der Waals surface area contributed by atoms with Crippen molar-refractivity contribution < 1.29 is 9.94 Å². The molecule has 0 spiro atoms. The second kappa shape index (κ2) is 4.78. The van der Waals surface area contributed by atoms with Gasteiger partial charge in [0, 0.05) is 17.3 Å². The topological polar surface area (TPSA) is 54.7 Å². The number of rotatable bonds is 3. The molecule has 0 amide bonds. The number of hydrogen-bond acceptors (Lipinski definition) is 5. The molecule has 1 aromatic heterocycles. The molecule has 0 bridgehead atoms. The van der Waals surface area contributed by atoms with E-state index in [0.717, 1.165) is 40.3 Å². The van der Waals surface area contributed by atoms with Crippen LogP contribution in [0.5, 0.6) is 5.75 Å². The predicted molar refractivity (Wildman–Crippen MR) is 69.5 cm³/mol. The Labute approximate surface area is 109 Å². The summed E-state index contributed by atoms with van der Waals surface area (Å²) in [5, 5.41) is 12.3. The normalized spacial score (nSPS) is 15.9. The number of aromatic nitrogens is 1. The molecule has 0 aliphatic heterocycles. The highest BCUT2D eigenvalue weighted by Gasteiger charge is 2.21. The lowest BCUT2D eigenvalue weighted by Gasteiger charge is -2.09. The number of nitrogens with zero attached hydrogens (tertiary/aromatic N) is 2. The van der Waals surface area contributed by atoms with Gasteiger partial charge in [0.15, 0.2) is 0 Å². The fourth-order valence-corrected chi connectivity index (χ4v) is 2.68. The predicted octanol–water partition coefficient (Wildman–Crippen LogP) is 2.85. The number of ether oxygens (including phenoxy) is 1. The highest BCUT2D eigenvalue weighted by atomic mass is 32.1. The third-order valence-corrected chi connectivity index (χ3v) is 3.78. The van der Waals surface area contributed by atoms with E-state index < -0.39 is 0 Å². The van der Waals surface area contributed by atoms with E-state index in [1.807, 2.05) is 24.4 Å². The fraction of sp³-hybridized carbons (Fsp3) is 0.231. The highest BCUT2D eigenvalue weighted by Crippen LogP contribution is 2.31. The van der Waals surface area contributed by atoms with Crippen LogP contribution in [0.15, 0.2) is 35.1 Å². The third kappa shape index (κ3) is 1.97. The Bertz CT molecular complexity index is 579. The van der Waals surface area contributed by atoms with Crippen LogP contribution in [-0.2, 0) is 13.0 Å². The monoisotopic (exact) mass is 260 g/mol. The largest absolute Gasteiger partial charge is 0.488 e. The maximum Gasteiger partial charge on any atom is 0.124 e. The number of hydrogen-bond donors (Lipinski definition) is 1. The van der Waals surface area contributed by atoms with Crippen LogP contribution in [0.2, 0.25) is 0 Å². The van der Waals surface area contributed by atoms with Gasteiger partial charge in [0.05, 0.1) is 16.1 Å². The lowest BCUT2D eigenvalue weighted by atomic mass is 10.1. The molecular formula is C13H12N2O2S. The van der Waals surface area contributed by atoms with Crippen LogP contribution in [0.1, 0.15) is 22.4 Å². The van der Waals surface area contributed by atoms with Crippen LogP contribution in [0.25, 0.3) is 0 Å². The van der Waals surface area contributed by atoms with Crippen molar-refractivity contribution >= 4 is 17.0 Å². The molecule has 1 N–H and O–H groups in total. The zero-order valence-corrected chi connectivity index (χ0v) is 10.5. The molecule has 0 fully saturated rings. The highest BCUT2D eigenvalue weighted by molar-refractivity contribution is 7.09. The van der Waals surface area contributed by atoms with Crippen LogP contribution in [-0.4, -0.2) is 15.9 Å². The van der Waals surface area contributed by atoms with Gasteiger partial charge >= 0.3 is 0 Å².